The first-order chi connectivity index (χ1) is 13.7. The van der Waals surface area contributed by atoms with Crippen molar-refractivity contribution in [1.29, 1.82) is 0 Å². The maximum atomic E-state index is 14.4. The fourth-order valence-electron chi connectivity index (χ4n) is 2.59. The number of unbranched alkanes of at least 4 members (excludes halogenated alkanes) is 2. The van der Waals surface area contributed by atoms with Gasteiger partial charge in [0.15, 0.2) is 23.7 Å². The normalized spacial score (nSPS) is 11.8. The third kappa shape index (κ3) is 5.58. The molecule has 1 heterocycles. The van der Waals surface area contributed by atoms with E-state index in [9.17, 15) is 26.7 Å². The van der Waals surface area contributed by atoms with Crippen LogP contribution in [0.2, 0.25) is 0 Å². The smallest absolute Gasteiger partial charge is 0.380 e. The molecule has 1 aromatic carbocycles. The highest BCUT2D eigenvalue weighted by Gasteiger charge is 2.31. The first-order valence-corrected chi connectivity index (χ1v) is 8.94. The average Bonchev–Trinajstić information content (AvgIpc) is 2.68. The third-order valence-corrected chi connectivity index (χ3v) is 4.24. The summed E-state index contributed by atoms with van der Waals surface area (Å²) in [6, 6.07) is 1.14. The van der Waals surface area contributed by atoms with Gasteiger partial charge >= 0.3 is 6.18 Å². The molecule has 29 heavy (non-hydrogen) atoms. The predicted molar refractivity (Wildman–Crippen MR) is 99.0 cm³/mol. The Balaban J connectivity index is 2.41. The molecule has 0 aliphatic rings. The number of alkyl halides is 3. The predicted octanol–water partition coefficient (Wildman–Crippen LogP) is 5.35. The number of halogens is 5. The van der Waals surface area contributed by atoms with E-state index in [-0.39, 0.29) is 11.8 Å². The van der Waals surface area contributed by atoms with Crippen LogP contribution in [0, 0.1) is 11.6 Å². The summed E-state index contributed by atoms with van der Waals surface area (Å²) in [5.74, 6) is -3.23. The van der Waals surface area contributed by atoms with E-state index in [1.54, 1.807) is 13.2 Å². The Bertz CT molecular complexity index is 879. The summed E-state index contributed by atoms with van der Waals surface area (Å²) in [5, 5.41) is 0. The number of hydrogen-bond donors (Lipinski definition) is 0. The molecule has 0 atom stereocenters. The molecule has 2 rings (SSSR count). The summed E-state index contributed by atoms with van der Waals surface area (Å²) in [6.07, 6.45) is 2.60. The Morgan fingerprint density at radius 1 is 1.10 bits per heavy atom. The van der Waals surface area contributed by atoms with Gasteiger partial charge in [0.05, 0.1) is 16.7 Å². The van der Waals surface area contributed by atoms with Crippen LogP contribution in [0.3, 0.4) is 0 Å². The number of hydrogen-bond acceptors (Lipinski definition) is 4. The number of rotatable bonds is 8. The van der Waals surface area contributed by atoms with Crippen LogP contribution in [0.25, 0.3) is 17.5 Å². The van der Waals surface area contributed by atoms with Gasteiger partial charge in [-0.25, -0.2) is 18.7 Å². The van der Waals surface area contributed by atoms with Crippen LogP contribution in [0.15, 0.2) is 24.7 Å². The quantitative estimate of drug-likeness (QED) is 0.333. The Morgan fingerprint density at radius 3 is 2.31 bits per heavy atom. The molecule has 0 spiro atoms. The number of nitrogens with zero attached hydrogens (tertiary/aromatic N) is 3. The molecule has 0 bridgehead atoms. The maximum absolute atomic E-state index is 14.4. The molecule has 0 N–H and O–H groups in total. The Morgan fingerprint density at radius 2 is 1.76 bits per heavy atom. The molecule has 0 saturated heterocycles. The van der Waals surface area contributed by atoms with E-state index in [0.717, 1.165) is 31.9 Å². The van der Waals surface area contributed by atoms with Crippen LogP contribution in [0.4, 0.5) is 22.0 Å². The largest absolute Gasteiger partial charge is 0.419 e. The monoisotopic (exact) mass is 413 g/mol. The topological polar surface area (TPSA) is 46.1 Å². The zero-order valence-corrected chi connectivity index (χ0v) is 15.9. The van der Waals surface area contributed by atoms with Crippen molar-refractivity contribution in [2.45, 2.75) is 32.4 Å². The summed E-state index contributed by atoms with van der Waals surface area (Å²) < 4.78 is 66.7. The van der Waals surface area contributed by atoms with Gasteiger partial charge in [0, 0.05) is 26.0 Å². The van der Waals surface area contributed by atoms with E-state index in [0.29, 0.717) is 12.4 Å². The zero-order valence-electron chi connectivity index (χ0n) is 15.9. The molecule has 156 valence electrons. The number of carbonyl (C=O) groups is 1. The number of aldehydes is 1. The molecule has 0 unspecified atom stereocenters. The van der Waals surface area contributed by atoms with Gasteiger partial charge in [0.1, 0.15) is 0 Å². The van der Waals surface area contributed by atoms with Gasteiger partial charge < -0.3 is 4.90 Å². The van der Waals surface area contributed by atoms with Crippen LogP contribution in [-0.4, -0.2) is 34.7 Å². The first-order valence-electron chi connectivity index (χ1n) is 8.94. The van der Waals surface area contributed by atoms with Crippen molar-refractivity contribution in [1.82, 2.24) is 14.9 Å². The van der Waals surface area contributed by atoms with Gasteiger partial charge in [0.2, 0.25) is 0 Å². The molecule has 0 fully saturated rings. The molecule has 0 radical (unpaired) electrons. The molecule has 1 aromatic heterocycles. The molecule has 2 aromatic rings. The second kappa shape index (κ2) is 9.58. The van der Waals surface area contributed by atoms with Crippen molar-refractivity contribution in [2.75, 3.05) is 13.6 Å². The molecule has 0 aliphatic heterocycles. The lowest BCUT2D eigenvalue weighted by molar-refractivity contribution is -0.138. The maximum Gasteiger partial charge on any atom is 0.419 e. The fourth-order valence-corrected chi connectivity index (χ4v) is 2.59. The first kappa shape index (κ1) is 22.4. The van der Waals surface area contributed by atoms with Crippen LogP contribution < -0.4 is 0 Å². The average molecular weight is 413 g/mol. The summed E-state index contributed by atoms with van der Waals surface area (Å²) in [7, 11) is 1.80. The molecule has 0 saturated carbocycles. The van der Waals surface area contributed by atoms with E-state index >= 15 is 0 Å². The fraction of sp³-hybridized carbons (Fsp3) is 0.350. The molecule has 9 heteroatoms. The van der Waals surface area contributed by atoms with Crippen molar-refractivity contribution in [2.24, 2.45) is 0 Å². The highest BCUT2D eigenvalue weighted by molar-refractivity contribution is 5.84. The molecule has 4 nitrogen and oxygen atoms in total. The van der Waals surface area contributed by atoms with Crippen molar-refractivity contribution in [3.63, 3.8) is 0 Å². The van der Waals surface area contributed by atoms with E-state index < -0.39 is 40.3 Å². The van der Waals surface area contributed by atoms with E-state index in [1.807, 2.05) is 4.90 Å². The van der Waals surface area contributed by atoms with Crippen LogP contribution in [-0.2, 0) is 6.18 Å². The van der Waals surface area contributed by atoms with Gasteiger partial charge in [-0.1, -0.05) is 19.8 Å². The number of benzene rings is 1. The number of aromatic nitrogens is 2. The minimum absolute atomic E-state index is 0.0692. The summed E-state index contributed by atoms with van der Waals surface area (Å²) in [6.45, 7) is 2.80. The van der Waals surface area contributed by atoms with Crippen LogP contribution in [0.5, 0.6) is 0 Å². The molecular formula is C20H20F5N3O. The van der Waals surface area contributed by atoms with Crippen molar-refractivity contribution < 1.29 is 26.7 Å². The van der Waals surface area contributed by atoms with Gasteiger partial charge in [-0.15, -0.1) is 0 Å². The zero-order chi connectivity index (χ0) is 21.6. The summed E-state index contributed by atoms with van der Waals surface area (Å²) >= 11 is 0. The second-order valence-corrected chi connectivity index (χ2v) is 6.47. The standard InChI is InChI=1S/C20H20F5N3O/c1-3-4-5-7-28(2)8-6-13-9-15(17(21)18(22)16(13)12-29)19-26-10-14(11-27-19)20(23,24)25/h6,8-12H,3-5,7H2,1-2H3/b8-6-. The van der Waals surface area contributed by atoms with Gasteiger partial charge in [0.25, 0.3) is 0 Å². The third-order valence-electron chi connectivity index (χ3n) is 4.24. The van der Waals surface area contributed by atoms with Crippen molar-refractivity contribution in [3.8, 4) is 11.4 Å². The Labute approximate surface area is 165 Å². The van der Waals surface area contributed by atoms with Gasteiger partial charge in [-0.3, -0.25) is 4.79 Å². The highest BCUT2D eigenvalue weighted by atomic mass is 19.4. The SMILES string of the molecule is CCCCCN(C)/C=C\c1cc(-c2ncc(C(F)(F)F)cn2)c(F)c(F)c1C=O. The lowest BCUT2D eigenvalue weighted by Crippen LogP contribution is -2.12. The van der Waals surface area contributed by atoms with Crippen LogP contribution in [0.1, 0.15) is 47.7 Å². The lowest BCUT2D eigenvalue weighted by atomic mass is 10.0. The minimum Gasteiger partial charge on any atom is -0.380 e. The summed E-state index contributed by atoms with van der Waals surface area (Å²) in [4.78, 5) is 20.1. The second-order valence-electron chi connectivity index (χ2n) is 6.47. The Kier molecular flexibility index (Phi) is 7.41. The Hall–Kier alpha value is -2.84. The minimum atomic E-state index is -4.65. The highest BCUT2D eigenvalue weighted by Crippen LogP contribution is 2.30. The van der Waals surface area contributed by atoms with Crippen molar-refractivity contribution in [3.05, 3.63) is 53.0 Å². The molecule has 0 amide bonds. The van der Waals surface area contributed by atoms with Gasteiger partial charge in [-0.05, 0) is 30.3 Å². The van der Waals surface area contributed by atoms with Gasteiger partial charge in [-0.2, -0.15) is 13.2 Å². The molecular weight excluding hydrogens is 393 g/mol. The number of carbonyl (C=O) groups excluding carboxylic acids is 1. The van der Waals surface area contributed by atoms with E-state index in [1.165, 1.54) is 6.08 Å². The van der Waals surface area contributed by atoms with E-state index in [2.05, 4.69) is 16.9 Å². The van der Waals surface area contributed by atoms with Crippen molar-refractivity contribution >= 4 is 12.4 Å². The van der Waals surface area contributed by atoms with E-state index in [4.69, 9.17) is 0 Å². The molecule has 0 aliphatic carbocycles. The van der Waals surface area contributed by atoms with Crippen LogP contribution >= 0.6 is 0 Å². The summed E-state index contributed by atoms with van der Waals surface area (Å²) in [5.41, 5.74) is -1.97. The lowest BCUT2D eigenvalue weighted by Gasteiger charge is -2.14.